The van der Waals surface area contributed by atoms with E-state index in [2.05, 4.69) is 5.32 Å². The van der Waals surface area contributed by atoms with Gasteiger partial charge in [0, 0.05) is 6.20 Å². The second-order valence-corrected chi connectivity index (χ2v) is 2.20. The van der Waals surface area contributed by atoms with Gasteiger partial charge in [-0.05, 0) is 12.5 Å². The summed E-state index contributed by atoms with van der Waals surface area (Å²) in [4.78, 5) is 10.8. The van der Waals surface area contributed by atoms with Gasteiger partial charge in [-0.2, -0.15) is 0 Å². The highest BCUT2D eigenvalue weighted by Gasteiger charge is 2.31. The monoisotopic (exact) mass is 126 g/mol. The van der Waals surface area contributed by atoms with Crippen LogP contribution < -0.4 is 11.1 Å². The van der Waals surface area contributed by atoms with Crippen LogP contribution in [0.2, 0.25) is 0 Å². The molecule has 3 nitrogen and oxygen atoms in total. The van der Waals surface area contributed by atoms with Crippen LogP contribution in [-0.2, 0) is 4.79 Å². The Morgan fingerprint density at radius 2 is 2.56 bits per heavy atom. The molecule has 0 aliphatic carbocycles. The first-order valence-electron chi connectivity index (χ1n) is 2.96. The van der Waals surface area contributed by atoms with Crippen LogP contribution in [0.1, 0.15) is 13.3 Å². The molecule has 1 heterocycles. The predicted octanol–water partition coefficient (Wildman–Crippen LogP) is -0.263. The highest BCUT2D eigenvalue weighted by molar-refractivity contribution is 5.91. The third-order valence-electron chi connectivity index (χ3n) is 1.60. The maximum Gasteiger partial charge on any atom is 0.248 e. The van der Waals surface area contributed by atoms with Crippen molar-refractivity contribution < 1.29 is 4.79 Å². The maximum atomic E-state index is 10.8. The predicted molar refractivity (Wildman–Crippen MR) is 34.5 cm³/mol. The number of hydrogen-bond acceptors (Lipinski definition) is 2. The molecule has 0 aromatic heterocycles. The highest BCUT2D eigenvalue weighted by atomic mass is 16.2. The summed E-state index contributed by atoms with van der Waals surface area (Å²) in [7, 11) is 0. The van der Waals surface area contributed by atoms with Crippen molar-refractivity contribution in [1.82, 2.24) is 5.32 Å². The van der Waals surface area contributed by atoms with Gasteiger partial charge in [0.25, 0.3) is 0 Å². The molecule has 0 spiro atoms. The van der Waals surface area contributed by atoms with Gasteiger partial charge in [-0.1, -0.05) is 6.92 Å². The van der Waals surface area contributed by atoms with Crippen molar-refractivity contribution in [2.45, 2.75) is 18.9 Å². The number of hydrogen-bond donors (Lipinski definition) is 2. The minimum absolute atomic E-state index is 0.106. The molecule has 0 aromatic carbocycles. The Morgan fingerprint density at radius 1 is 1.89 bits per heavy atom. The summed E-state index contributed by atoms with van der Waals surface area (Å²) in [5, 5.41) is 2.52. The molecule has 0 bridgehead atoms. The van der Waals surface area contributed by atoms with E-state index >= 15 is 0 Å². The van der Waals surface area contributed by atoms with Crippen molar-refractivity contribution >= 4 is 5.91 Å². The normalized spacial score (nSPS) is 32.9. The average molecular weight is 126 g/mol. The van der Waals surface area contributed by atoms with Gasteiger partial charge in [0.15, 0.2) is 0 Å². The molecule has 0 radical (unpaired) electrons. The SMILES string of the molecule is CCC1(N)C=CNC1=O. The highest BCUT2D eigenvalue weighted by Crippen LogP contribution is 2.11. The van der Waals surface area contributed by atoms with E-state index in [4.69, 9.17) is 5.73 Å². The number of nitrogens with two attached hydrogens (primary N) is 1. The first kappa shape index (κ1) is 6.29. The number of carbonyl (C=O) groups excluding carboxylic acids is 1. The van der Waals surface area contributed by atoms with Gasteiger partial charge in [0.2, 0.25) is 5.91 Å². The molecule has 1 atom stereocenters. The van der Waals surface area contributed by atoms with Crippen LogP contribution in [0.15, 0.2) is 12.3 Å². The summed E-state index contributed by atoms with van der Waals surface area (Å²) >= 11 is 0. The molecule has 3 N–H and O–H groups in total. The molecule has 50 valence electrons. The van der Waals surface area contributed by atoms with Crippen LogP contribution in [0.4, 0.5) is 0 Å². The standard InChI is InChI=1S/C6H10N2O/c1-2-6(7)3-4-8-5(6)9/h3-4H,2,7H2,1H3,(H,8,9). The molecule has 9 heavy (non-hydrogen) atoms. The Hall–Kier alpha value is -0.830. The summed E-state index contributed by atoms with van der Waals surface area (Å²) in [5.41, 5.74) is 4.87. The summed E-state index contributed by atoms with van der Waals surface area (Å²) in [5.74, 6) is -0.106. The zero-order chi connectivity index (χ0) is 6.91. The molecule has 0 fully saturated rings. The molecule has 3 heteroatoms. The van der Waals surface area contributed by atoms with E-state index in [0.717, 1.165) is 0 Å². The largest absolute Gasteiger partial charge is 0.331 e. The zero-order valence-corrected chi connectivity index (χ0v) is 5.35. The third-order valence-corrected chi connectivity index (χ3v) is 1.60. The number of carbonyl (C=O) groups is 1. The lowest BCUT2D eigenvalue weighted by atomic mass is 9.99. The van der Waals surface area contributed by atoms with E-state index in [9.17, 15) is 4.79 Å². The molecule has 1 amide bonds. The van der Waals surface area contributed by atoms with Gasteiger partial charge < -0.3 is 11.1 Å². The summed E-state index contributed by atoms with van der Waals surface area (Å²) in [6, 6.07) is 0. The van der Waals surface area contributed by atoms with Crippen molar-refractivity contribution in [3.05, 3.63) is 12.3 Å². The topological polar surface area (TPSA) is 55.1 Å². The first-order chi connectivity index (χ1) is 4.19. The molecule has 1 aliphatic heterocycles. The lowest BCUT2D eigenvalue weighted by molar-refractivity contribution is -0.122. The zero-order valence-electron chi connectivity index (χ0n) is 5.35. The Bertz CT molecular complexity index is 164. The molecule has 1 unspecified atom stereocenters. The number of nitrogens with one attached hydrogen (secondary N) is 1. The Labute approximate surface area is 53.9 Å². The van der Waals surface area contributed by atoms with Gasteiger partial charge in [0.1, 0.15) is 5.54 Å². The minimum Gasteiger partial charge on any atom is -0.331 e. The first-order valence-corrected chi connectivity index (χ1v) is 2.96. The molecular formula is C6H10N2O. The molecule has 1 rings (SSSR count). The van der Waals surface area contributed by atoms with Gasteiger partial charge in [0.05, 0.1) is 0 Å². The van der Waals surface area contributed by atoms with E-state index in [1.165, 1.54) is 0 Å². The van der Waals surface area contributed by atoms with E-state index in [1.54, 1.807) is 12.3 Å². The summed E-state index contributed by atoms with van der Waals surface area (Å²) in [6.45, 7) is 1.88. The molecule has 1 aliphatic rings. The Kier molecular flexibility index (Phi) is 1.29. The van der Waals surface area contributed by atoms with Gasteiger partial charge >= 0.3 is 0 Å². The molecule has 0 aromatic rings. The minimum atomic E-state index is -0.736. The fourth-order valence-corrected chi connectivity index (χ4v) is 0.755. The number of amides is 1. The smallest absolute Gasteiger partial charge is 0.248 e. The van der Waals surface area contributed by atoms with Crippen LogP contribution in [0.5, 0.6) is 0 Å². The van der Waals surface area contributed by atoms with E-state index in [1.807, 2.05) is 6.92 Å². The third kappa shape index (κ3) is 0.833. The van der Waals surface area contributed by atoms with Crippen molar-refractivity contribution in [2.24, 2.45) is 5.73 Å². The van der Waals surface area contributed by atoms with Crippen molar-refractivity contribution in [3.63, 3.8) is 0 Å². The van der Waals surface area contributed by atoms with Gasteiger partial charge in [-0.3, -0.25) is 4.79 Å². The van der Waals surface area contributed by atoms with Crippen molar-refractivity contribution in [1.29, 1.82) is 0 Å². The number of rotatable bonds is 1. The van der Waals surface area contributed by atoms with Crippen LogP contribution in [0.25, 0.3) is 0 Å². The van der Waals surface area contributed by atoms with Crippen molar-refractivity contribution in [3.8, 4) is 0 Å². The van der Waals surface area contributed by atoms with Crippen LogP contribution in [0.3, 0.4) is 0 Å². The fourth-order valence-electron chi connectivity index (χ4n) is 0.755. The second kappa shape index (κ2) is 1.84. The van der Waals surface area contributed by atoms with E-state index in [-0.39, 0.29) is 5.91 Å². The quantitative estimate of drug-likeness (QED) is 0.508. The van der Waals surface area contributed by atoms with Crippen LogP contribution in [-0.4, -0.2) is 11.4 Å². The molecular weight excluding hydrogens is 116 g/mol. The summed E-state index contributed by atoms with van der Waals surface area (Å²) < 4.78 is 0. The van der Waals surface area contributed by atoms with Gasteiger partial charge in [-0.15, -0.1) is 0 Å². The van der Waals surface area contributed by atoms with Crippen molar-refractivity contribution in [2.75, 3.05) is 0 Å². The maximum absolute atomic E-state index is 10.8. The van der Waals surface area contributed by atoms with Crippen LogP contribution in [0, 0.1) is 0 Å². The van der Waals surface area contributed by atoms with E-state index < -0.39 is 5.54 Å². The molecule has 0 saturated heterocycles. The average Bonchev–Trinajstić information content (AvgIpc) is 2.15. The van der Waals surface area contributed by atoms with Gasteiger partial charge in [-0.25, -0.2) is 0 Å². The lowest BCUT2D eigenvalue weighted by Gasteiger charge is -2.15. The lowest BCUT2D eigenvalue weighted by Crippen LogP contribution is -2.46. The molecule has 0 saturated carbocycles. The van der Waals surface area contributed by atoms with Crippen LogP contribution >= 0.6 is 0 Å². The second-order valence-electron chi connectivity index (χ2n) is 2.20. The fraction of sp³-hybridized carbons (Fsp3) is 0.500. The Balaban J connectivity index is 2.78. The van der Waals surface area contributed by atoms with E-state index in [0.29, 0.717) is 6.42 Å². The summed E-state index contributed by atoms with van der Waals surface area (Å²) in [6.07, 6.45) is 3.93. The Morgan fingerprint density at radius 3 is 2.78 bits per heavy atom.